The Kier molecular flexibility index (Phi) is 4.38. The van der Waals surface area contributed by atoms with Gasteiger partial charge < -0.3 is 14.9 Å². The number of rotatable bonds is 3. The maximum Gasteiger partial charge on any atom is 0.323 e. The zero-order chi connectivity index (χ0) is 10.4. The van der Waals surface area contributed by atoms with Gasteiger partial charge in [-0.05, 0) is 0 Å². The molecule has 0 aliphatic carbocycles. The number of carboxylic acids is 1. The number of likely N-dealkylation sites (N-methyl/N-ethyl adjacent to an activating group) is 1. The van der Waals surface area contributed by atoms with E-state index in [9.17, 15) is 9.59 Å². The maximum absolute atomic E-state index is 11.3. The highest BCUT2D eigenvalue weighted by atomic mass is 16.4. The van der Waals surface area contributed by atoms with Crippen molar-refractivity contribution in [3.8, 4) is 12.3 Å². The van der Waals surface area contributed by atoms with Crippen LogP contribution in [0.5, 0.6) is 0 Å². The van der Waals surface area contributed by atoms with E-state index in [1.54, 1.807) is 0 Å². The van der Waals surface area contributed by atoms with Crippen LogP contribution in [0.15, 0.2) is 0 Å². The van der Waals surface area contributed by atoms with Gasteiger partial charge in [-0.3, -0.25) is 4.79 Å². The fourth-order valence-electron chi connectivity index (χ4n) is 0.767. The fourth-order valence-corrected chi connectivity index (χ4v) is 0.767. The molecule has 13 heavy (non-hydrogen) atoms. The number of hydrogen-bond donors (Lipinski definition) is 1. The zero-order valence-electron chi connectivity index (χ0n) is 7.65. The molecule has 0 bridgehead atoms. The zero-order valence-corrected chi connectivity index (χ0v) is 7.65. The Hall–Kier alpha value is -1.70. The number of amides is 2. The molecular weight excluding hydrogens is 172 g/mol. The minimum Gasteiger partial charge on any atom is -0.480 e. The summed E-state index contributed by atoms with van der Waals surface area (Å²) in [7, 11) is 2.92. The van der Waals surface area contributed by atoms with E-state index in [2.05, 4.69) is 5.92 Å². The smallest absolute Gasteiger partial charge is 0.323 e. The molecule has 0 heterocycles. The van der Waals surface area contributed by atoms with Crippen LogP contribution in [0.4, 0.5) is 4.79 Å². The number of terminal acetylenes is 1. The van der Waals surface area contributed by atoms with E-state index in [4.69, 9.17) is 11.5 Å². The fraction of sp³-hybridized carbons (Fsp3) is 0.500. The van der Waals surface area contributed by atoms with E-state index in [0.717, 1.165) is 4.90 Å². The summed E-state index contributed by atoms with van der Waals surface area (Å²) in [5.74, 6) is 1.24. The molecule has 0 saturated carbocycles. The summed E-state index contributed by atoms with van der Waals surface area (Å²) in [6.45, 7) is -0.156. The van der Waals surface area contributed by atoms with Gasteiger partial charge in [-0.15, -0.1) is 6.42 Å². The van der Waals surface area contributed by atoms with Crippen LogP contribution in [0.2, 0.25) is 0 Å². The van der Waals surface area contributed by atoms with Crippen LogP contribution in [0, 0.1) is 12.3 Å². The molecule has 0 aliphatic rings. The van der Waals surface area contributed by atoms with Gasteiger partial charge in [0, 0.05) is 14.1 Å². The van der Waals surface area contributed by atoms with Gasteiger partial charge in [-0.25, -0.2) is 4.79 Å². The molecule has 5 heteroatoms. The average Bonchev–Trinajstić information content (AvgIpc) is 2.02. The van der Waals surface area contributed by atoms with Crippen LogP contribution in [0.1, 0.15) is 0 Å². The van der Waals surface area contributed by atoms with Gasteiger partial charge in [0.25, 0.3) is 0 Å². The molecule has 0 unspecified atom stereocenters. The second-order valence-electron chi connectivity index (χ2n) is 2.59. The summed E-state index contributed by atoms with van der Waals surface area (Å²) in [6.07, 6.45) is 4.99. The van der Waals surface area contributed by atoms with Crippen molar-refractivity contribution < 1.29 is 14.7 Å². The van der Waals surface area contributed by atoms with Crippen molar-refractivity contribution in [3.63, 3.8) is 0 Å². The summed E-state index contributed by atoms with van der Waals surface area (Å²) >= 11 is 0. The molecular formula is C8H12N2O3. The predicted octanol–water partition coefficient (Wildman–Crippen LogP) is -0.312. The van der Waals surface area contributed by atoms with Gasteiger partial charge in [0.05, 0.1) is 6.54 Å². The third-order valence-electron chi connectivity index (χ3n) is 1.35. The van der Waals surface area contributed by atoms with Gasteiger partial charge in [0.15, 0.2) is 0 Å². The molecule has 2 amide bonds. The summed E-state index contributed by atoms with van der Waals surface area (Å²) in [5.41, 5.74) is 0. The van der Waals surface area contributed by atoms with Crippen molar-refractivity contribution in [2.24, 2.45) is 0 Å². The maximum atomic E-state index is 11.3. The summed E-state index contributed by atoms with van der Waals surface area (Å²) in [5, 5.41) is 8.39. The number of carbonyl (C=O) groups excluding carboxylic acids is 1. The van der Waals surface area contributed by atoms with E-state index < -0.39 is 12.0 Å². The molecule has 0 aromatic carbocycles. The molecule has 0 spiro atoms. The first-order valence-electron chi connectivity index (χ1n) is 3.60. The first-order valence-corrected chi connectivity index (χ1v) is 3.60. The first kappa shape index (κ1) is 11.3. The molecule has 0 atom stereocenters. The van der Waals surface area contributed by atoms with E-state index in [1.807, 2.05) is 0 Å². The third kappa shape index (κ3) is 4.01. The molecule has 0 aromatic rings. The number of nitrogens with zero attached hydrogens (tertiary/aromatic N) is 2. The van der Waals surface area contributed by atoms with Crippen molar-refractivity contribution in [2.45, 2.75) is 0 Å². The lowest BCUT2D eigenvalue weighted by Gasteiger charge is -2.21. The SMILES string of the molecule is C#CCN(C)C(=O)N(C)CC(=O)O. The van der Waals surface area contributed by atoms with Crippen LogP contribution in [0.3, 0.4) is 0 Å². The lowest BCUT2D eigenvalue weighted by atomic mass is 10.5. The highest BCUT2D eigenvalue weighted by molar-refractivity contribution is 5.79. The van der Waals surface area contributed by atoms with Crippen LogP contribution in [0.25, 0.3) is 0 Å². The molecule has 0 fully saturated rings. The Morgan fingerprint density at radius 1 is 1.38 bits per heavy atom. The van der Waals surface area contributed by atoms with E-state index in [1.165, 1.54) is 19.0 Å². The number of urea groups is 1. The summed E-state index contributed by atoms with van der Waals surface area (Å²) < 4.78 is 0. The quantitative estimate of drug-likeness (QED) is 0.612. The van der Waals surface area contributed by atoms with Crippen LogP contribution in [-0.2, 0) is 4.79 Å². The number of carbonyl (C=O) groups is 2. The lowest BCUT2D eigenvalue weighted by molar-refractivity contribution is -0.137. The number of hydrogen-bond acceptors (Lipinski definition) is 2. The van der Waals surface area contributed by atoms with Crippen molar-refractivity contribution in [1.82, 2.24) is 9.80 Å². The largest absolute Gasteiger partial charge is 0.480 e. The van der Waals surface area contributed by atoms with Crippen LogP contribution in [-0.4, -0.2) is 54.1 Å². The molecule has 0 saturated heterocycles. The van der Waals surface area contributed by atoms with Gasteiger partial charge in [0.2, 0.25) is 0 Å². The Morgan fingerprint density at radius 2 is 1.92 bits per heavy atom. The number of aliphatic carboxylic acids is 1. The Bertz CT molecular complexity index is 244. The monoisotopic (exact) mass is 184 g/mol. The van der Waals surface area contributed by atoms with E-state index in [0.29, 0.717) is 0 Å². The van der Waals surface area contributed by atoms with Crippen molar-refractivity contribution in [2.75, 3.05) is 27.2 Å². The van der Waals surface area contributed by atoms with Gasteiger partial charge in [-0.1, -0.05) is 5.92 Å². The minimum absolute atomic E-state index is 0.169. The van der Waals surface area contributed by atoms with Gasteiger partial charge in [0.1, 0.15) is 6.54 Å². The molecule has 5 nitrogen and oxygen atoms in total. The highest BCUT2D eigenvalue weighted by Crippen LogP contribution is 1.92. The normalized spacial score (nSPS) is 8.69. The van der Waals surface area contributed by atoms with E-state index in [-0.39, 0.29) is 13.1 Å². The lowest BCUT2D eigenvalue weighted by Crippen LogP contribution is -2.41. The van der Waals surface area contributed by atoms with Crippen molar-refractivity contribution in [1.29, 1.82) is 0 Å². The molecule has 0 aliphatic heterocycles. The van der Waals surface area contributed by atoms with Crippen LogP contribution >= 0.6 is 0 Å². The Balaban J connectivity index is 4.10. The van der Waals surface area contributed by atoms with E-state index >= 15 is 0 Å². The Labute approximate surface area is 76.9 Å². The summed E-state index contributed by atoms with van der Waals surface area (Å²) in [6, 6.07) is -0.402. The molecule has 0 aromatic heterocycles. The average molecular weight is 184 g/mol. The summed E-state index contributed by atoms with van der Waals surface area (Å²) in [4.78, 5) is 23.9. The second-order valence-corrected chi connectivity index (χ2v) is 2.59. The van der Waals surface area contributed by atoms with Crippen LogP contribution < -0.4 is 0 Å². The first-order chi connectivity index (χ1) is 5.99. The predicted molar refractivity (Wildman–Crippen MR) is 47.1 cm³/mol. The van der Waals surface area contributed by atoms with Gasteiger partial charge in [-0.2, -0.15) is 0 Å². The van der Waals surface area contributed by atoms with Crippen molar-refractivity contribution in [3.05, 3.63) is 0 Å². The third-order valence-corrected chi connectivity index (χ3v) is 1.35. The number of carboxylic acid groups (broad SMARTS) is 1. The molecule has 1 N–H and O–H groups in total. The van der Waals surface area contributed by atoms with Crippen molar-refractivity contribution >= 4 is 12.0 Å². The van der Waals surface area contributed by atoms with Gasteiger partial charge >= 0.3 is 12.0 Å². The standard InChI is InChI=1S/C8H12N2O3/c1-4-5-9(2)8(13)10(3)6-7(11)12/h1H,5-6H2,2-3H3,(H,11,12). The minimum atomic E-state index is -1.05. The highest BCUT2D eigenvalue weighted by Gasteiger charge is 2.14. The molecule has 0 radical (unpaired) electrons. The second kappa shape index (κ2) is 5.04. The molecule has 72 valence electrons. The Morgan fingerprint density at radius 3 is 2.31 bits per heavy atom. The topological polar surface area (TPSA) is 60.9 Å². The molecule has 0 rings (SSSR count).